The van der Waals surface area contributed by atoms with Gasteiger partial charge < -0.3 is 15.8 Å². The van der Waals surface area contributed by atoms with Crippen molar-refractivity contribution in [3.05, 3.63) is 6.33 Å². The number of hydrogen-bond acceptors (Lipinski definition) is 5. The molecule has 2 atom stereocenters. The van der Waals surface area contributed by atoms with Crippen LogP contribution in [0.1, 0.15) is 13.3 Å². The molecule has 2 unspecified atom stereocenters. The van der Waals surface area contributed by atoms with E-state index in [0.29, 0.717) is 29.3 Å². The van der Waals surface area contributed by atoms with Gasteiger partial charge in [-0.2, -0.15) is 4.98 Å². The normalized spacial score (nSPS) is 24.4. The lowest BCUT2D eigenvalue weighted by Crippen LogP contribution is -2.09. The maximum atomic E-state index is 5.80. The van der Waals surface area contributed by atoms with E-state index >= 15 is 0 Å². The molecule has 1 aliphatic carbocycles. The Bertz CT molecular complexity index is 342. The second kappa shape index (κ2) is 3.32. The van der Waals surface area contributed by atoms with Crippen molar-refractivity contribution < 1.29 is 4.74 Å². The van der Waals surface area contributed by atoms with Crippen LogP contribution in [0.25, 0.3) is 0 Å². The van der Waals surface area contributed by atoms with E-state index in [2.05, 4.69) is 22.2 Å². The van der Waals surface area contributed by atoms with Gasteiger partial charge in [0, 0.05) is 6.04 Å². The Balaban J connectivity index is 2.16. The fraction of sp³-hybridized carbons (Fsp3) is 0.556. The number of ether oxygens (including phenoxy) is 1. The van der Waals surface area contributed by atoms with Gasteiger partial charge in [-0.3, -0.25) is 0 Å². The number of rotatable bonds is 3. The van der Waals surface area contributed by atoms with Gasteiger partial charge in [0.05, 0.1) is 7.11 Å². The zero-order chi connectivity index (χ0) is 10.1. The molecule has 5 nitrogen and oxygen atoms in total. The molecule has 0 amide bonds. The maximum Gasteiger partial charge on any atom is 0.242 e. The first-order chi connectivity index (χ1) is 6.72. The monoisotopic (exact) mass is 194 g/mol. The van der Waals surface area contributed by atoms with E-state index in [9.17, 15) is 0 Å². The van der Waals surface area contributed by atoms with Crippen LogP contribution in [0.15, 0.2) is 6.33 Å². The number of nitrogen functional groups attached to an aromatic ring is 1. The van der Waals surface area contributed by atoms with Crippen LogP contribution in [-0.4, -0.2) is 23.1 Å². The van der Waals surface area contributed by atoms with Crippen LogP contribution >= 0.6 is 0 Å². The summed E-state index contributed by atoms with van der Waals surface area (Å²) >= 11 is 0. The first-order valence-corrected chi connectivity index (χ1v) is 4.63. The predicted molar refractivity (Wildman–Crippen MR) is 54.2 cm³/mol. The highest BCUT2D eigenvalue weighted by molar-refractivity contribution is 5.67. The first kappa shape index (κ1) is 9.05. The van der Waals surface area contributed by atoms with E-state index in [4.69, 9.17) is 10.5 Å². The SMILES string of the molecule is COc1ncnc(NC2CC2C)c1N. The Morgan fingerprint density at radius 2 is 2.29 bits per heavy atom. The Hall–Kier alpha value is -1.52. The number of anilines is 2. The lowest BCUT2D eigenvalue weighted by molar-refractivity contribution is 0.399. The zero-order valence-corrected chi connectivity index (χ0v) is 8.32. The molecule has 0 spiro atoms. The topological polar surface area (TPSA) is 73.1 Å². The smallest absolute Gasteiger partial charge is 0.242 e. The Kier molecular flexibility index (Phi) is 2.15. The quantitative estimate of drug-likeness (QED) is 0.747. The van der Waals surface area contributed by atoms with Gasteiger partial charge in [0.1, 0.15) is 12.0 Å². The van der Waals surface area contributed by atoms with Crippen molar-refractivity contribution in [2.45, 2.75) is 19.4 Å². The van der Waals surface area contributed by atoms with Gasteiger partial charge in [-0.1, -0.05) is 6.92 Å². The first-order valence-electron chi connectivity index (χ1n) is 4.63. The highest BCUT2D eigenvalue weighted by atomic mass is 16.5. The molecular weight excluding hydrogens is 180 g/mol. The maximum absolute atomic E-state index is 5.80. The van der Waals surface area contributed by atoms with Crippen molar-refractivity contribution in [2.75, 3.05) is 18.2 Å². The number of nitrogens with one attached hydrogen (secondary N) is 1. The van der Waals surface area contributed by atoms with Gasteiger partial charge in [0.2, 0.25) is 5.88 Å². The predicted octanol–water partition coefficient (Wildman–Crippen LogP) is 0.888. The van der Waals surface area contributed by atoms with Crippen LogP contribution in [0, 0.1) is 5.92 Å². The molecular formula is C9H14N4O. The highest BCUT2D eigenvalue weighted by Gasteiger charge is 2.33. The van der Waals surface area contributed by atoms with Crippen LogP contribution in [0.5, 0.6) is 5.88 Å². The molecule has 1 heterocycles. The van der Waals surface area contributed by atoms with Crippen LogP contribution < -0.4 is 15.8 Å². The molecule has 0 aliphatic heterocycles. The molecule has 14 heavy (non-hydrogen) atoms. The van der Waals surface area contributed by atoms with Gasteiger partial charge in [-0.25, -0.2) is 4.98 Å². The average molecular weight is 194 g/mol. The Labute approximate surface area is 82.7 Å². The van der Waals surface area contributed by atoms with Crippen LogP contribution in [0.4, 0.5) is 11.5 Å². The number of aromatic nitrogens is 2. The minimum atomic E-state index is 0.427. The second-order valence-electron chi connectivity index (χ2n) is 3.61. The van der Waals surface area contributed by atoms with Gasteiger partial charge in [0.15, 0.2) is 5.82 Å². The van der Waals surface area contributed by atoms with Crippen molar-refractivity contribution >= 4 is 11.5 Å². The number of methoxy groups -OCH3 is 1. The lowest BCUT2D eigenvalue weighted by Gasteiger charge is -2.09. The van der Waals surface area contributed by atoms with E-state index in [1.807, 2.05) is 0 Å². The van der Waals surface area contributed by atoms with Gasteiger partial charge in [0.25, 0.3) is 0 Å². The summed E-state index contributed by atoms with van der Waals surface area (Å²) in [5, 5.41) is 3.25. The van der Waals surface area contributed by atoms with E-state index in [1.54, 1.807) is 7.11 Å². The zero-order valence-electron chi connectivity index (χ0n) is 8.32. The van der Waals surface area contributed by atoms with E-state index < -0.39 is 0 Å². The van der Waals surface area contributed by atoms with Crippen molar-refractivity contribution in [2.24, 2.45) is 5.92 Å². The van der Waals surface area contributed by atoms with E-state index in [-0.39, 0.29) is 0 Å². The van der Waals surface area contributed by atoms with Crippen LogP contribution in [0.3, 0.4) is 0 Å². The largest absolute Gasteiger partial charge is 0.479 e. The molecule has 0 radical (unpaired) electrons. The lowest BCUT2D eigenvalue weighted by atomic mass is 10.4. The molecule has 1 saturated carbocycles. The summed E-state index contributed by atoms with van der Waals surface area (Å²) in [6, 6.07) is 0.497. The third-order valence-corrected chi connectivity index (χ3v) is 2.47. The standard InChI is InChI=1S/C9H14N4O/c1-5-3-6(5)13-8-7(10)9(14-2)12-4-11-8/h4-6H,3,10H2,1-2H3,(H,11,12,13). The Morgan fingerprint density at radius 3 is 2.86 bits per heavy atom. The van der Waals surface area contributed by atoms with Crippen LogP contribution in [0.2, 0.25) is 0 Å². The van der Waals surface area contributed by atoms with Crippen molar-refractivity contribution in [3.8, 4) is 5.88 Å². The number of hydrogen-bond donors (Lipinski definition) is 2. The minimum absolute atomic E-state index is 0.427. The van der Waals surface area contributed by atoms with Gasteiger partial charge in [-0.05, 0) is 12.3 Å². The summed E-state index contributed by atoms with van der Waals surface area (Å²) in [6.45, 7) is 2.19. The number of nitrogens with zero attached hydrogens (tertiary/aromatic N) is 2. The van der Waals surface area contributed by atoms with Crippen molar-refractivity contribution in [3.63, 3.8) is 0 Å². The summed E-state index contributed by atoms with van der Waals surface area (Å²) < 4.78 is 5.00. The molecule has 1 aromatic heterocycles. The molecule has 0 saturated heterocycles. The fourth-order valence-electron chi connectivity index (χ4n) is 1.36. The van der Waals surface area contributed by atoms with E-state index in [0.717, 1.165) is 0 Å². The second-order valence-corrected chi connectivity index (χ2v) is 3.61. The van der Waals surface area contributed by atoms with Crippen molar-refractivity contribution in [1.29, 1.82) is 0 Å². The molecule has 1 aromatic rings. The third-order valence-electron chi connectivity index (χ3n) is 2.47. The minimum Gasteiger partial charge on any atom is -0.479 e. The summed E-state index contributed by atoms with van der Waals surface area (Å²) in [6.07, 6.45) is 2.62. The molecule has 0 bridgehead atoms. The average Bonchev–Trinajstić information content (AvgIpc) is 2.86. The summed E-state index contributed by atoms with van der Waals surface area (Å²) in [7, 11) is 1.54. The van der Waals surface area contributed by atoms with Gasteiger partial charge >= 0.3 is 0 Å². The fourth-order valence-corrected chi connectivity index (χ4v) is 1.36. The summed E-state index contributed by atoms with van der Waals surface area (Å²) in [5.74, 6) is 1.80. The molecule has 1 aliphatic rings. The highest BCUT2D eigenvalue weighted by Crippen LogP contribution is 2.34. The molecule has 5 heteroatoms. The van der Waals surface area contributed by atoms with Gasteiger partial charge in [-0.15, -0.1) is 0 Å². The summed E-state index contributed by atoms with van der Waals surface area (Å²) in [5.41, 5.74) is 6.28. The van der Waals surface area contributed by atoms with E-state index in [1.165, 1.54) is 12.7 Å². The Morgan fingerprint density at radius 1 is 1.57 bits per heavy atom. The van der Waals surface area contributed by atoms with Crippen LogP contribution in [-0.2, 0) is 0 Å². The summed E-state index contributed by atoms with van der Waals surface area (Å²) in [4.78, 5) is 7.98. The molecule has 3 N–H and O–H groups in total. The third kappa shape index (κ3) is 1.57. The molecule has 2 rings (SSSR count). The molecule has 76 valence electrons. The number of nitrogens with two attached hydrogens (primary N) is 1. The molecule has 0 aromatic carbocycles. The molecule has 1 fully saturated rings. The van der Waals surface area contributed by atoms with Crippen molar-refractivity contribution in [1.82, 2.24) is 9.97 Å².